The largest absolute Gasteiger partial charge is 0.398 e. The molecule has 7 heteroatoms. The zero-order valence-electron chi connectivity index (χ0n) is 19.4. The molecule has 0 saturated carbocycles. The molecule has 0 spiro atoms. The predicted octanol–water partition coefficient (Wildman–Crippen LogP) is 3.36. The zero-order chi connectivity index (χ0) is 24.1. The van der Waals surface area contributed by atoms with E-state index in [-0.39, 0.29) is 11.6 Å². The fraction of sp³-hybridized carbons (Fsp3) is 0.222. The number of allylic oxidation sites excluding steroid dienone is 1. The van der Waals surface area contributed by atoms with Gasteiger partial charge in [0.2, 0.25) is 5.91 Å². The molecule has 1 fully saturated rings. The van der Waals surface area contributed by atoms with Gasteiger partial charge in [0.25, 0.3) is 0 Å². The molecule has 0 aliphatic carbocycles. The van der Waals surface area contributed by atoms with Gasteiger partial charge < -0.3 is 16.4 Å². The van der Waals surface area contributed by atoms with Crippen molar-refractivity contribution in [1.29, 1.82) is 5.41 Å². The number of anilines is 1. The van der Waals surface area contributed by atoms with Crippen LogP contribution in [-0.4, -0.2) is 52.6 Å². The summed E-state index contributed by atoms with van der Waals surface area (Å²) >= 11 is 0. The van der Waals surface area contributed by atoms with Gasteiger partial charge in [-0.2, -0.15) is 0 Å². The summed E-state index contributed by atoms with van der Waals surface area (Å²) in [6.45, 7) is 5.68. The second kappa shape index (κ2) is 10.3. The summed E-state index contributed by atoms with van der Waals surface area (Å²) in [6, 6.07) is 17.6. The second-order valence-corrected chi connectivity index (χ2v) is 8.55. The van der Waals surface area contributed by atoms with Crippen molar-refractivity contribution in [2.75, 3.05) is 31.9 Å². The minimum atomic E-state index is 0.135. The number of benzene rings is 2. The van der Waals surface area contributed by atoms with Crippen molar-refractivity contribution in [3.63, 3.8) is 0 Å². The maximum absolute atomic E-state index is 11.5. The highest BCUT2D eigenvalue weighted by atomic mass is 16.2. The molecule has 2 aromatic carbocycles. The van der Waals surface area contributed by atoms with Crippen molar-refractivity contribution < 1.29 is 4.79 Å². The van der Waals surface area contributed by atoms with Crippen LogP contribution < -0.4 is 11.5 Å². The third-order valence-electron chi connectivity index (χ3n) is 6.10. The van der Waals surface area contributed by atoms with Crippen LogP contribution in [0.5, 0.6) is 0 Å². The van der Waals surface area contributed by atoms with E-state index in [4.69, 9.17) is 16.9 Å². The monoisotopic (exact) mass is 454 g/mol. The number of carbonyl (C=O) groups excluding carboxylic acids is 1. The maximum atomic E-state index is 11.5. The molecule has 0 unspecified atom stereocenters. The lowest BCUT2D eigenvalue weighted by atomic mass is 9.98. The number of nitrogen functional groups attached to an aromatic ring is 1. The summed E-state index contributed by atoms with van der Waals surface area (Å²) in [5.41, 5.74) is 18.2. The molecule has 1 aromatic heterocycles. The Kier molecular flexibility index (Phi) is 7.04. The van der Waals surface area contributed by atoms with Crippen LogP contribution in [0.1, 0.15) is 23.6 Å². The normalized spacial score (nSPS) is 14.7. The molecule has 1 aliphatic rings. The Hall–Kier alpha value is -3.97. The van der Waals surface area contributed by atoms with Crippen LogP contribution in [0.15, 0.2) is 72.7 Å². The fourth-order valence-electron chi connectivity index (χ4n) is 4.15. The number of carbonyl (C=O) groups is 1. The van der Waals surface area contributed by atoms with Crippen molar-refractivity contribution in [3.05, 3.63) is 89.4 Å². The average Bonchev–Trinajstić information content (AvgIpc) is 2.85. The summed E-state index contributed by atoms with van der Waals surface area (Å²) in [6.07, 6.45) is 5.32. The minimum absolute atomic E-state index is 0.135. The van der Waals surface area contributed by atoms with E-state index in [2.05, 4.69) is 22.0 Å². The van der Waals surface area contributed by atoms with Gasteiger partial charge in [0, 0.05) is 68.9 Å². The Balaban J connectivity index is 1.48. The smallest absolute Gasteiger partial charge is 0.219 e. The third kappa shape index (κ3) is 5.50. The van der Waals surface area contributed by atoms with Gasteiger partial charge in [0.1, 0.15) is 0 Å². The number of piperazine rings is 1. The molecule has 34 heavy (non-hydrogen) atoms. The lowest BCUT2D eigenvalue weighted by Crippen LogP contribution is -2.47. The Morgan fingerprint density at radius 3 is 2.56 bits per heavy atom. The summed E-state index contributed by atoms with van der Waals surface area (Å²) in [5, 5.41) is 8.67. The maximum Gasteiger partial charge on any atom is 0.219 e. The van der Waals surface area contributed by atoms with E-state index in [0.717, 1.165) is 49.4 Å². The van der Waals surface area contributed by atoms with E-state index >= 15 is 0 Å². The van der Waals surface area contributed by atoms with Gasteiger partial charge in [-0.3, -0.25) is 20.1 Å². The van der Waals surface area contributed by atoms with Gasteiger partial charge in [-0.05, 0) is 41.0 Å². The number of nitrogens with one attached hydrogen (secondary N) is 1. The van der Waals surface area contributed by atoms with E-state index < -0.39 is 0 Å². The van der Waals surface area contributed by atoms with Crippen LogP contribution >= 0.6 is 0 Å². The van der Waals surface area contributed by atoms with Gasteiger partial charge in [-0.15, -0.1) is 0 Å². The number of aromatic nitrogens is 1. The van der Waals surface area contributed by atoms with E-state index in [0.29, 0.717) is 16.9 Å². The van der Waals surface area contributed by atoms with Crippen molar-refractivity contribution in [3.8, 4) is 11.1 Å². The first-order valence-corrected chi connectivity index (χ1v) is 11.3. The van der Waals surface area contributed by atoms with E-state index in [1.165, 1.54) is 5.56 Å². The number of amides is 1. The second-order valence-electron chi connectivity index (χ2n) is 8.55. The molecule has 1 saturated heterocycles. The van der Waals surface area contributed by atoms with Gasteiger partial charge >= 0.3 is 0 Å². The molecule has 3 aromatic rings. The first-order valence-electron chi connectivity index (χ1n) is 11.3. The molecule has 2 heterocycles. The molecular weight excluding hydrogens is 424 g/mol. The SMILES string of the molecule is CC(=O)N1CCN(Cc2cccc(/C=C(\N)C(=N)c3cc(-c4cccnc4)ccc3N)c2)CC1. The summed E-state index contributed by atoms with van der Waals surface area (Å²) in [5.74, 6) is 0.135. The molecule has 0 atom stereocenters. The van der Waals surface area contributed by atoms with Gasteiger partial charge in [-0.25, -0.2) is 0 Å². The molecule has 174 valence electrons. The van der Waals surface area contributed by atoms with Crippen LogP contribution in [0.25, 0.3) is 17.2 Å². The van der Waals surface area contributed by atoms with Crippen molar-refractivity contribution in [2.24, 2.45) is 5.73 Å². The van der Waals surface area contributed by atoms with Gasteiger partial charge in [-0.1, -0.05) is 36.4 Å². The van der Waals surface area contributed by atoms with Gasteiger partial charge in [0.05, 0.1) is 11.4 Å². The van der Waals surface area contributed by atoms with E-state index in [1.807, 2.05) is 47.4 Å². The minimum Gasteiger partial charge on any atom is -0.398 e. The third-order valence-corrected chi connectivity index (χ3v) is 6.10. The lowest BCUT2D eigenvalue weighted by molar-refractivity contribution is -0.130. The molecule has 4 rings (SSSR count). The van der Waals surface area contributed by atoms with Crippen LogP contribution in [0.2, 0.25) is 0 Å². The molecule has 1 aliphatic heterocycles. The number of hydrogen-bond donors (Lipinski definition) is 3. The molecule has 0 radical (unpaired) electrons. The molecule has 1 amide bonds. The quantitative estimate of drug-likeness (QED) is 0.391. The number of rotatable bonds is 6. The van der Waals surface area contributed by atoms with Gasteiger partial charge in [0.15, 0.2) is 0 Å². The average molecular weight is 455 g/mol. The highest BCUT2D eigenvalue weighted by molar-refractivity contribution is 6.15. The van der Waals surface area contributed by atoms with Crippen molar-refractivity contribution in [1.82, 2.24) is 14.8 Å². The number of pyridine rings is 1. The fourth-order valence-corrected chi connectivity index (χ4v) is 4.15. The van der Waals surface area contributed by atoms with Crippen LogP contribution in [0, 0.1) is 5.41 Å². The number of nitrogens with zero attached hydrogens (tertiary/aromatic N) is 3. The number of hydrogen-bond acceptors (Lipinski definition) is 6. The topological polar surface area (TPSA) is 112 Å². The summed E-state index contributed by atoms with van der Waals surface area (Å²) < 4.78 is 0. The lowest BCUT2D eigenvalue weighted by Gasteiger charge is -2.34. The Morgan fingerprint density at radius 2 is 1.85 bits per heavy atom. The van der Waals surface area contributed by atoms with Crippen molar-refractivity contribution in [2.45, 2.75) is 13.5 Å². The first kappa shape index (κ1) is 23.2. The number of nitrogens with two attached hydrogens (primary N) is 2. The van der Waals surface area contributed by atoms with Crippen molar-refractivity contribution >= 4 is 23.4 Å². The van der Waals surface area contributed by atoms with E-state index in [9.17, 15) is 4.79 Å². The molecule has 5 N–H and O–H groups in total. The van der Waals surface area contributed by atoms with E-state index in [1.54, 1.807) is 25.4 Å². The highest BCUT2D eigenvalue weighted by Crippen LogP contribution is 2.25. The Labute approximate surface area is 200 Å². The molecule has 7 nitrogen and oxygen atoms in total. The first-order chi connectivity index (χ1) is 16.4. The Bertz CT molecular complexity index is 1210. The summed E-state index contributed by atoms with van der Waals surface area (Å²) in [7, 11) is 0. The van der Waals surface area contributed by atoms with Crippen LogP contribution in [-0.2, 0) is 11.3 Å². The standard InChI is InChI=1S/C27H30N6O/c1-19(34)33-12-10-32(11-13-33)18-21-5-2-4-20(14-21)15-26(29)27(30)24-16-22(7-8-25(24)28)23-6-3-9-31-17-23/h2-9,14-17,30H,10-13,18,28-29H2,1H3/b26-15-,30-27?. The molecular formula is C27H30N6O. The molecule has 0 bridgehead atoms. The van der Waals surface area contributed by atoms with Crippen LogP contribution in [0.3, 0.4) is 0 Å². The summed E-state index contributed by atoms with van der Waals surface area (Å²) in [4.78, 5) is 19.9. The predicted molar refractivity (Wildman–Crippen MR) is 137 cm³/mol. The highest BCUT2D eigenvalue weighted by Gasteiger charge is 2.18. The van der Waals surface area contributed by atoms with Crippen LogP contribution in [0.4, 0.5) is 5.69 Å². The Morgan fingerprint density at radius 1 is 1.06 bits per heavy atom. The zero-order valence-corrected chi connectivity index (χ0v) is 19.4.